The van der Waals surface area contributed by atoms with Gasteiger partial charge < -0.3 is 10.1 Å². The molecule has 0 saturated heterocycles. The number of carbonyl (C=O) groups is 1. The van der Waals surface area contributed by atoms with Crippen LogP contribution in [0.15, 0.2) is 60.7 Å². The second-order valence-corrected chi connectivity index (χ2v) is 6.82. The molecule has 3 aromatic rings. The first-order valence-electron chi connectivity index (χ1n) is 9.64. The summed E-state index contributed by atoms with van der Waals surface area (Å²) < 4.78 is 7.54. The monoisotopic (exact) mass is 377 g/mol. The fraction of sp³-hybridized carbons (Fsp3) is 0.304. The van der Waals surface area contributed by atoms with Crippen molar-refractivity contribution in [2.75, 3.05) is 13.2 Å². The van der Waals surface area contributed by atoms with Crippen LogP contribution >= 0.6 is 0 Å². The van der Waals surface area contributed by atoms with Crippen LogP contribution in [0.4, 0.5) is 0 Å². The number of carbonyl (C=O) groups excluding carboxylic acids is 1. The highest BCUT2D eigenvalue weighted by Crippen LogP contribution is 2.18. The van der Waals surface area contributed by atoms with E-state index in [-0.39, 0.29) is 5.91 Å². The van der Waals surface area contributed by atoms with Gasteiger partial charge in [0.05, 0.1) is 24.4 Å². The minimum Gasteiger partial charge on any atom is -0.377 e. The molecule has 1 heterocycles. The molecule has 0 fully saturated rings. The Morgan fingerprint density at radius 3 is 2.43 bits per heavy atom. The molecule has 0 aliphatic rings. The summed E-state index contributed by atoms with van der Waals surface area (Å²) >= 11 is 0. The molecule has 0 spiro atoms. The molecule has 0 saturated carbocycles. The van der Waals surface area contributed by atoms with Crippen LogP contribution in [0.3, 0.4) is 0 Å². The smallest absolute Gasteiger partial charge is 0.224 e. The van der Waals surface area contributed by atoms with Gasteiger partial charge in [-0.1, -0.05) is 48.5 Å². The van der Waals surface area contributed by atoms with Gasteiger partial charge in [0.2, 0.25) is 5.91 Å². The maximum Gasteiger partial charge on any atom is 0.224 e. The van der Waals surface area contributed by atoms with Crippen LogP contribution in [-0.4, -0.2) is 28.8 Å². The van der Waals surface area contributed by atoms with Gasteiger partial charge in [-0.25, -0.2) is 4.68 Å². The lowest BCUT2D eigenvalue weighted by Gasteiger charge is -2.08. The fourth-order valence-corrected chi connectivity index (χ4v) is 3.14. The number of hydrogen-bond donors (Lipinski definition) is 1. The lowest BCUT2D eigenvalue weighted by Crippen LogP contribution is -2.27. The number of aromatic nitrogens is 2. The number of aryl methyl sites for hydroxylation is 1. The lowest BCUT2D eigenvalue weighted by atomic mass is 10.1. The number of nitrogens with zero attached hydrogens (tertiary/aromatic N) is 2. The summed E-state index contributed by atoms with van der Waals surface area (Å²) in [5.41, 5.74) is 5.05. The molecule has 0 aliphatic carbocycles. The largest absolute Gasteiger partial charge is 0.377 e. The zero-order valence-electron chi connectivity index (χ0n) is 16.5. The molecule has 28 heavy (non-hydrogen) atoms. The van der Waals surface area contributed by atoms with E-state index in [4.69, 9.17) is 4.74 Å². The van der Waals surface area contributed by atoms with Gasteiger partial charge in [-0.3, -0.25) is 4.79 Å². The average Bonchev–Trinajstić information content (AvgIpc) is 3.00. The molecule has 5 heteroatoms. The Balaban J connectivity index is 1.43. The van der Waals surface area contributed by atoms with Gasteiger partial charge in [-0.05, 0) is 38.0 Å². The third-order valence-corrected chi connectivity index (χ3v) is 4.68. The molecule has 1 aromatic heterocycles. The summed E-state index contributed by atoms with van der Waals surface area (Å²) in [5.74, 6) is 0.0156. The number of nitrogens with one attached hydrogen (secondary N) is 1. The molecule has 5 nitrogen and oxygen atoms in total. The van der Waals surface area contributed by atoms with E-state index >= 15 is 0 Å². The van der Waals surface area contributed by atoms with E-state index in [2.05, 4.69) is 10.4 Å². The maximum atomic E-state index is 12.3. The number of para-hydroxylation sites is 1. The van der Waals surface area contributed by atoms with Crippen LogP contribution in [0.2, 0.25) is 0 Å². The molecule has 0 unspecified atom stereocenters. The van der Waals surface area contributed by atoms with E-state index in [0.717, 1.165) is 34.6 Å². The van der Waals surface area contributed by atoms with E-state index in [9.17, 15) is 4.79 Å². The number of benzene rings is 2. The van der Waals surface area contributed by atoms with E-state index in [1.54, 1.807) is 0 Å². The minimum absolute atomic E-state index is 0.0156. The van der Waals surface area contributed by atoms with Crippen molar-refractivity contribution in [2.24, 2.45) is 0 Å². The van der Waals surface area contributed by atoms with Gasteiger partial charge in [-0.2, -0.15) is 5.10 Å². The van der Waals surface area contributed by atoms with Crippen molar-refractivity contribution in [3.05, 3.63) is 83.2 Å². The van der Waals surface area contributed by atoms with Crippen LogP contribution in [0.5, 0.6) is 0 Å². The zero-order valence-corrected chi connectivity index (χ0v) is 16.5. The summed E-state index contributed by atoms with van der Waals surface area (Å²) in [5, 5.41) is 7.58. The first-order chi connectivity index (χ1) is 13.6. The minimum atomic E-state index is 0.0156. The highest BCUT2D eigenvalue weighted by molar-refractivity contribution is 5.79. The predicted molar refractivity (Wildman–Crippen MR) is 110 cm³/mol. The van der Waals surface area contributed by atoms with Gasteiger partial charge in [0.1, 0.15) is 0 Å². The van der Waals surface area contributed by atoms with Crippen LogP contribution in [-0.2, 0) is 22.6 Å². The van der Waals surface area contributed by atoms with E-state index in [1.165, 1.54) is 0 Å². The van der Waals surface area contributed by atoms with E-state index in [1.807, 2.05) is 79.2 Å². The quantitative estimate of drug-likeness (QED) is 0.578. The summed E-state index contributed by atoms with van der Waals surface area (Å²) in [6.45, 7) is 5.79. The van der Waals surface area contributed by atoms with Gasteiger partial charge in [-0.15, -0.1) is 0 Å². The fourth-order valence-electron chi connectivity index (χ4n) is 3.14. The average molecular weight is 377 g/mol. The van der Waals surface area contributed by atoms with Crippen molar-refractivity contribution in [2.45, 2.75) is 33.3 Å². The third kappa shape index (κ3) is 5.30. The number of hydrogen-bond acceptors (Lipinski definition) is 3. The Labute approximate surface area is 166 Å². The zero-order chi connectivity index (χ0) is 19.8. The Morgan fingerprint density at radius 2 is 1.71 bits per heavy atom. The van der Waals surface area contributed by atoms with Crippen molar-refractivity contribution < 1.29 is 9.53 Å². The SMILES string of the molecule is Cc1nn(-c2ccccc2)c(C)c1CC(=O)NCCCOCc1ccccc1. The molecule has 0 aliphatic heterocycles. The number of rotatable bonds is 9. The van der Waals surface area contributed by atoms with E-state index < -0.39 is 0 Å². The molecule has 0 radical (unpaired) electrons. The van der Waals surface area contributed by atoms with Crippen molar-refractivity contribution in [3.8, 4) is 5.69 Å². The van der Waals surface area contributed by atoms with Gasteiger partial charge in [0.15, 0.2) is 0 Å². The molecule has 0 bridgehead atoms. The highest BCUT2D eigenvalue weighted by atomic mass is 16.5. The second kappa shape index (κ2) is 9.85. The van der Waals surface area contributed by atoms with Crippen LogP contribution < -0.4 is 5.32 Å². The molecule has 0 atom stereocenters. The highest BCUT2D eigenvalue weighted by Gasteiger charge is 2.15. The Morgan fingerprint density at radius 1 is 1.04 bits per heavy atom. The van der Waals surface area contributed by atoms with Crippen molar-refractivity contribution in [3.63, 3.8) is 0 Å². The van der Waals surface area contributed by atoms with Crippen molar-refractivity contribution in [1.82, 2.24) is 15.1 Å². The third-order valence-electron chi connectivity index (χ3n) is 4.68. The second-order valence-electron chi connectivity index (χ2n) is 6.82. The molecular formula is C23H27N3O2. The molecule has 3 rings (SSSR count). The summed E-state index contributed by atoms with van der Waals surface area (Å²) in [6, 6.07) is 20.1. The Kier molecular flexibility index (Phi) is 6.98. The summed E-state index contributed by atoms with van der Waals surface area (Å²) in [7, 11) is 0. The Bertz CT molecular complexity index is 889. The summed E-state index contributed by atoms with van der Waals surface area (Å²) in [4.78, 5) is 12.3. The van der Waals surface area contributed by atoms with Crippen LogP contribution in [0.1, 0.15) is 28.9 Å². The normalized spacial score (nSPS) is 10.8. The van der Waals surface area contributed by atoms with Crippen molar-refractivity contribution >= 4 is 5.91 Å². The first kappa shape index (κ1) is 19.8. The van der Waals surface area contributed by atoms with Crippen LogP contribution in [0.25, 0.3) is 5.69 Å². The molecule has 1 amide bonds. The topological polar surface area (TPSA) is 56.2 Å². The first-order valence-corrected chi connectivity index (χ1v) is 9.64. The molecule has 146 valence electrons. The molecule has 2 aromatic carbocycles. The van der Waals surface area contributed by atoms with Gasteiger partial charge in [0.25, 0.3) is 0 Å². The van der Waals surface area contributed by atoms with Crippen LogP contribution in [0, 0.1) is 13.8 Å². The van der Waals surface area contributed by atoms with Gasteiger partial charge >= 0.3 is 0 Å². The van der Waals surface area contributed by atoms with E-state index in [0.29, 0.717) is 26.2 Å². The lowest BCUT2D eigenvalue weighted by molar-refractivity contribution is -0.120. The van der Waals surface area contributed by atoms with Gasteiger partial charge in [0, 0.05) is 24.4 Å². The summed E-state index contributed by atoms with van der Waals surface area (Å²) in [6.07, 6.45) is 1.13. The maximum absolute atomic E-state index is 12.3. The predicted octanol–water partition coefficient (Wildman–Crippen LogP) is 3.75. The van der Waals surface area contributed by atoms with Crippen molar-refractivity contribution in [1.29, 1.82) is 0 Å². The Hall–Kier alpha value is -2.92. The number of amides is 1. The number of ether oxygens (including phenoxy) is 1. The molecule has 1 N–H and O–H groups in total. The standard InChI is InChI=1S/C23H27N3O2/c1-18-22(19(2)26(25-18)21-12-7-4-8-13-21)16-23(27)24-14-9-15-28-17-20-10-5-3-6-11-20/h3-8,10-13H,9,14-17H2,1-2H3,(H,24,27). The molecular weight excluding hydrogens is 350 g/mol.